The zero-order valence-electron chi connectivity index (χ0n) is 13.1. The van der Waals surface area contributed by atoms with Gasteiger partial charge in [-0.25, -0.2) is 0 Å². The van der Waals surface area contributed by atoms with Crippen molar-refractivity contribution in [2.45, 2.75) is 72.3 Å². The van der Waals surface area contributed by atoms with Crippen molar-refractivity contribution in [3.63, 3.8) is 0 Å². The van der Waals surface area contributed by atoms with Crippen LogP contribution in [0, 0.1) is 11.8 Å². The average molecular weight is 298 g/mol. The second-order valence-electron chi connectivity index (χ2n) is 6.06. The fraction of sp³-hybridized carbons (Fsp3) is 1.00. The summed E-state index contributed by atoms with van der Waals surface area (Å²) < 4.78 is 47.7. The molecule has 122 valence electrons. The Morgan fingerprint density at radius 1 is 0.800 bits per heavy atom. The first-order valence-corrected chi connectivity index (χ1v) is 7.50. The fourth-order valence-electron chi connectivity index (χ4n) is 1.77. The predicted octanol–water partition coefficient (Wildman–Crippen LogP) is 5.17. The standard InChI is InChI=1S/C15H29F3O2/c1-12(2)7-5-9-19-14(11-15(16,17)18)20-10-6-8-13(3)4/h12-14H,5-11H2,1-4H3. The SMILES string of the molecule is CC(C)CCCOC(CC(F)(F)F)OCCCC(C)C. The van der Waals surface area contributed by atoms with E-state index in [0.29, 0.717) is 25.0 Å². The molecule has 0 rings (SSSR count). The van der Waals surface area contributed by atoms with Crippen LogP contribution >= 0.6 is 0 Å². The van der Waals surface area contributed by atoms with Gasteiger partial charge >= 0.3 is 6.18 Å². The Balaban J connectivity index is 3.95. The lowest BCUT2D eigenvalue weighted by Gasteiger charge is -2.20. The Labute approximate surface area is 121 Å². The van der Waals surface area contributed by atoms with Crippen LogP contribution in [0.4, 0.5) is 13.2 Å². The van der Waals surface area contributed by atoms with Gasteiger partial charge in [-0.2, -0.15) is 13.2 Å². The van der Waals surface area contributed by atoms with Crippen molar-refractivity contribution in [2.75, 3.05) is 13.2 Å². The van der Waals surface area contributed by atoms with E-state index in [4.69, 9.17) is 9.47 Å². The highest BCUT2D eigenvalue weighted by Crippen LogP contribution is 2.24. The Morgan fingerprint density at radius 3 is 1.50 bits per heavy atom. The highest BCUT2D eigenvalue weighted by Gasteiger charge is 2.33. The van der Waals surface area contributed by atoms with Crippen LogP contribution in [0.25, 0.3) is 0 Å². The maximum atomic E-state index is 12.4. The van der Waals surface area contributed by atoms with E-state index < -0.39 is 18.9 Å². The molecule has 0 N–H and O–H groups in total. The molecule has 0 unspecified atom stereocenters. The van der Waals surface area contributed by atoms with Crippen LogP contribution in [0.3, 0.4) is 0 Å². The summed E-state index contributed by atoms with van der Waals surface area (Å²) in [7, 11) is 0. The van der Waals surface area contributed by atoms with Crippen molar-refractivity contribution in [3.05, 3.63) is 0 Å². The zero-order valence-corrected chi connectivity index (χ0v) is 13.1. The summed E-state index contributed by atoms with van der Waals surface area (Å²) in [5, 5.41) is 0. The van der Waals surface area contributed by atoms with E-state index in [1.54, 1.807) is 0 Å². The van der Waals surface area contributed by atoms with Gasteiger partial charge in [0.05, 0.1) is 6.42 Å². The molecule has 0 bridgehead atoms. The number of halogens is 3. The highest BCUT2D eigenvalue weighted by molar-refractivity contribution is 4.56. The molecule has 0 saturated carbocycles. The van der Waals surface area contributed by atoms with E-state index in [1.165, 1.54) is 0 Å². The van der Waals surface area contributed by atoms with Gasteiger partial charge in [-0.05, 0) is 37.5 Å². The smallest absolute Gasteiger partial charge is 0.352 e. The molecule has 2 nitrogen and oxygen atoms in total. The molecule has 0 heterocycles. The summed E-state index contributed by atoms with van der Waals surface area (Å²) in [6.07, 6.45) is -3.01. The molecule has 0 spiro atoms. The maximum absolute atomic E-state index is 12.4. The van der Waals surface area contributed by atoms with Gasteiger partial charge in [0.15, 0.2) is 6.29 Å². The van der Waals surface area contributed by atoms with Crippen molar-refractivity contribution in [1.29, 1.82) is 0 Å². The highest BCUT2D eigenvalue weighted by atomic mass is 19.4. The molecule has 0 aliphatic rings. The molecule has 20 heavy (non-hydrogen) atoms. The van der Waals surface area contributed by atoms with Crippen molar-refractivity contribution in [3.8, 4) is 0 Å². The lowest BCUT2D eigenvalue weighted by molar-refractivity contribution is -0.222. The Hall–Kier alpha value is -0.290. The van der Waals surface area contributed by atoms with Gasteiger partial charge in [-0.3, -0.25) is 0 Å². The molecule has 0 amide bonds. The maximum Gasteiger partial charge on any atom is 0.393 e. The van der Waals surface area contributed by atoms with Crippen molar-refractivity contribution in [2.24, 2.45) is 11.8 Å². The summed E-state index contributed by atoms with van der Waals surface area (Å²) in [5.41, 5.74) is 0. The van der Waals surface area contributed by atoms with Crippen LogP contribution in [0.1, 0.15) is 59.8 Å². The van der Waals surface area contributed by atoms with Gasteiger partial charge in [-0.15, -0.1) is 0 Å². The van der Waals surface area contributed by atoms with E-state index in [2.05, 4.69) is 27.7 Å². The number of hydrogen-bond acceptors (Lipinski definition) is 2. The minimum Gasteiger partial charge on any atom is -0.352 e. The Bertz CT molecular complexity index is 212. The average Bonchev–Trinajstić information content (AvgIpc) is 2.27. The third kappa shape index (κ3) is 14.1. The third-order valence-electron chi connectivity index (χ3n) is 2.86. The first kappa shape index (κ1) is 19.7. The van der Waals surface area contributed by atoms with E-state index >= 15 is 0 Å². The predicted molar refractivity (Wildman–Crippen MR) is 74.5 cm³/mol. The fourth-order valence-corrected chi connectivity index (χ4v) is 1.77. The molecule has 0 atom stereocenters. The second-order valence-corrected chi connectivity index (χ2v) is 6.06. The van der Waals surface area contributed by atoms with Gasteiger partial charge in [0.2, 0.25) is 0 Å². The summed E-state index contributed by atoms with van der Waals surface area (Å²) in [6.45, 7) is 8.96. The number of ether oxygens (including phenoxy) is 2. The minimum atomic E-state index is -4.25. The summed E-state index contributed by atoms with van der Waals surface area (Å²) in [4.78, 5) is 0. The first-order valence-electron chi connectivity index (χ1n) is 7.50. The monoisotopic (exact) mass is 298 g/mol. The van der Waals surface area contributed by atoms with Crippen molar-refractivity contribution < 1.29 is 22.6 Å². The molecular formula is C15H29F3O2. The molecule has 5 heteroatoms. The van der Waals surface area contributed by atoms with E-state index in [9.17, 15) is 13.2 Å². The van der Waals surface area contributed by atoms with Crippen molar-refractivity contribution in [1.82, 2.24) is 0 Å². The largest absolute Gasteiger partial charge is 0.393 e. The molecule has 0 aromatic rings. The molecule has 0 saturated heterocycles. The lowest BCUT2D eigenvalue weighted by Crippen LogP contribution is -2.26. The van der Waals surface area contributed by atoms with E-state index in [1.807, 2.05) is 0 Å². The summed E-state index contributed by atoms with van der Waals surface area (Å²) in [5.74, 6) is 1.07. The quantitative estimate of drug-likeness (QED) is 0.387. The molecular weight excluding hydrogens is 269 g/mol. The van der Waals surface area contributed by atoms with Crippen LogP contribution < -0.4 is 0 Å². The molecule has 0 aliphatic carbocycles. The van der Waals surface area contributed by atoms with Crippen LogP contribution in [0.5, 0.6) is 0 Å². The van der Waals surface area contributed by atoms with Gasteiger partial charge in [0, 0.05) is 13.2 Å². The molecule has 0 aliphatic heterocycles. The summed E-state index contributed by atoms with van der Waals surface area (Å²) in [6, 6.07) is 0. The van der Waals surface area contributed by atoms with Gasteiger partial charge in [0.1, 0.15) is 0 Å². The minimum absolute atomic E-state index is 0.323. The topological polar surface area (TPSA) is 18.5 Å². The van der Waals surface area contributed by atoms with Gasteiger partial charge in [-0.1, -0.05) is 27.7 Å². The van der Waals surface area contributed by atoms with Crippen LogP contribution in [0.2, 0.25) is 0 Å². The number of hydrogen-bond donors (Lipinski definition) is 0. The first-order chi connectivity index (χ1) is 9.20. The zero-order chi connectivity index (χ0) is 15.6. The van der Waals surface area contributed by atoms with E-state index in [0.717, 1.165) is 25.7 Å². The van der Waals surface area contributed by atoms with Gasteiger partial charge in [0.25, 0.3) is 0 Å². The Morgan fingerprint density at radius 2 is 1.20 bits per heavy atom. The Kier molecular flexibility index (Phi) is 10.3. The molecule has 0 aromatic heterocycles. The molecule has 0 radical (unpaired) electrons. The second kappa shape index (κ2) is 10.4. The number of alkyl halides is 3. The summed E-state index contributed by atoms with van der Waals surface area (Å²) >= 11 is 0. The normalized spacial score (nSPS) is 12.9. The van der Waals surface area contributed by atoms with E-state index in [-0.39, 0.29) is 0 Å². The van der Waals surface area contributed by atoms with Crippen molar-refractivity contribution >= 4 is 0 Å². The van der Waals surface area contributed by atoms with Crippen LogP contribution in [-0.4, -0.2) is 25.7 Å². The number of rotatable bonds is 11. The third-order valence-corrected chi connectivity index (χ3v) is 2.86. The molecule has 0 aromatic carbocycles. The van der Waals surface area contributed by atoms with Crippen LogP contribution in [-0.2, 0) is 9.47 Å². The van der Waals surface area contributed by atoms with Gasteiger partial charge < -0.3 is 9.47 Å². The molecule has 0 fully saturated rings. The van der Waals surface area contributed by atoms with Crippen LogP contribution in [0.15, 0.2) is 0 Å². The lowest BCUT2D eigenvalue weighted by atomic mass is 10.1.